The van der Waals surface area contributed by atoms with Crippen LogP contribution < -0.4 is 15.0 Å². The number of fused-ring (bicyclic) bond motifs is 2. The van der Waals surface area contributed by atoms with E-state index in [4.69, 9.17) is 9.47 Å². The van der Waals surface area contributed by atoms with Crippen LogP contribution in [-0.4, -0.2) is 36.6 Å². The number of carbonyl (C=O) groups is 1. The van der Waals surface area contributed by atoms with E-state index in [2.05, 4.69) is 4.98 Å². The maximum absolute atomic E-state index is 13.2. The highest BCUT2D eigenvalue weighted by Crippen LogP contribution is 2.41. The second-order valence-electron chi connectivity index (χ2n) is 8.39. The lowest BCUT2D eigenvalue weighted by Gasteiger charge is -2.38. The maximum Gasteiger partial charge on any atom is 0.254 e. The number of nitrogens with one attached hydrogen (secondary N) is 1. The average molecular weight is 421 g/mol. The summed E-state index contributed by atoms with van der Waals surface area (Å²) in [6, 6.07) is 11.2. The lowest BCUT2D eigenvalue weighted by Crippen LogP contribution is -2.44. The third-order valence-electron chi connectivity index (χ3n) is 5.98. The van der Waals surface area contributed by atoms with Gasteiger partial charge in [-0.25, -0.2) is 0 Å². The third kappa shape index (κ3) is 3.67. The van der Waals surface area contributed by atoms with Gasteiger partial charge in [-0.05, 0) is 59.7 Å². The van der Waals surface area contributed by atoms with Crippen molar-refractivity contribution in [1.82, 2.24) is 9.88 Å². The molecule has 0 aliphatic carbocycles. The molecule has 2 heterocycles. The molecular weight excluding hydrogens is 392 g/mol. The molecule has 3 aromatic rings. The number of nitrogens with zero attached hydrogens (tertiary/aromatic N) is 1. The zero-order valence-electron chi connectivity index (χ0n) is 18.6. The molecule has 1 amide bonds. The van der Waals surface area contributed by atoms with Crippen LogP contribution in [-0.2, 0) is 11.2 Å². The first-order valence-corrected chi connectivity index (χ1v) is 10.5. The SMILES string of the molecule is COc1cc2c(cc1OC)[C@@H](c1cc3ccc(C)cc3[nH]c1=O)N(C(=O)C(C)C)CC2. The number of carbonyl (C=O) groups excluding carboxylic acids is 1. The van der Waals surface area contributed by atoms with Crippen LogP contribution in [0.15, 0.2) is 41.2 Å². The molecular formula is C25H28N2O4. The van der Waals surface area contributed by atoms with Crippen molar-refractivity contribution in [3.63, 3.8) is 0 Å². The molecule has 0 bridgehead atoms. The van der Waals surface area contributed by atoms with Crippen molar-refractivity contribution in [2.24, 2.45) is 5.92 Å². The number of ether oxygens (including phenoxy) is 2. The Balaban J connectivity index is 1.97. The van der Waals surface area contributed by atoms with E-state index >= 15 is 0 Å². The number of amides is 1. The van der Waals surface area contributed by atoms with Crippen LogP contribution in [0.5, 0.6) is 11.5 Å². The molecule has 0 saturated carbocycles. The van der Waals surface area contributed by atoms with Crippen LogP contribution in [0, 0.1) is 12.8 Å². The summed E-state index contributed by atoms with van der Waals surface area (Å²) in [5, 5.41) is 0.935. The van der Waals surface area contributed by atoms with Crippen molar-refractivity contribution in [3.05, 3.63) is 69.0 Å². The van der Waals surface area contributed by atoms with E-state index in [-0.39, 0.29) is 17.4 Å². The van der Waals surface area contributed by atoms with Gasteiger partial charge in [0.2, 0.25) is 5.91 Å². The highest BCUT2D eigenvalue weighted by molar-refractivity contribution is 5.82. The van der Waals surface area contributed by atoms with Gasteiger partial charge in [0.15, 0.2) is 11.5 Å². The lowest BCUT2D eigenvalue weighted by molar-refractivity contribution is -0.136. The Kier molecular flexibility index (Phi) is 5.48. The Hall–Kier alpha value is -3.28. The van der Waals surface area contributed by atoms with Crippen LogP contribution in [0.1, 0.15) is 42.1 Å². The van der Waals surface area contributed by atoms with Crippen molar-refractivity contribution in [2.75, 3.05) is 20.8 Å². The van der Waals surface area contributed by atoms with Gasteiger partial charge < -0.3 is 19.4 Å². The quantitative estimate of drug-likeness (QED) is 0.693. The van der Waals surface area contributed by atoms with E-state index in [0.717, 1.165) is 27.6 Å². The van der Waals surface area contributed by atoms with Crippen molar-refractivity contribution in [1.29, 1.82) is 0 Å². The first kappa shape index (κ1) is 21.0. The maximum atomic E-state index is 13.2. The number of H-pyrrole nitrogens is 1. The molecule has 6 nitrogen and oxygen atoms in total. The van der Waals surface area contributed by atoms with E-state index in [1.807, 2.05) is 62.1 Å². The van der Waals surface area contributed by atoms with Gasteiger partial charge in [0.1, 0.15) is 0 Å². The van der Waals surface area contributed by atoms with E-state index < -0.39 is 6.04 Å². The molecule has 1 aliphatic heterocycles. The second kappa shape index (κ2) is 8.10. The molecule has 0 fully saturated rings. The zero-order chi connectivity index (χ0) is 22.3. The average Bonchev–Trinajstić information content (AvgIpc) is 2.76. The number of benzene rings is 2. The van der Waals surface area contributed by atoms with E-state index in [0.29, 0.717) is 30.0 Å². The van der Waals surface area contributed by atoms with Gasteiger partial charge in [-0.2, -0.15) is 0 Å². The standard InChI is InChI=1S/C25H28N2O4/c1-14(2)25(29)27-9-8-16-12-21(30-4)22(31-5)13-18(16)23(27)19-11-17-7-6-15(3)10-20(17)26-24(19)28/h6-7,10-14,23H,8-9H2,1-5H3,(H,26,28)/t23-/m0/s1. The van der Waals surface area contributed by atoms with Crippen molar-refractivity contribution < 1.29 is 14.3 Å². The predicted octanol–water partition coefficient (Wildman–Crippen LogP) is 3.98. The third-order valence-corrected chi connectivity index (χ3v) is 5.98. The molecule has 0 radical (unpaired) electrons. The monoisotopic (exact) mass is 420 g/mol. The number of aromatic nitrogens is 1. The highest BCUT2D eigenvalue weighted by Gasteiger charge is 2.35. The molecule has 1 aromatic heterocycles. The highest BCUT2D eigenvalue weighted by atomic mass is 16.5. The Morgan fingerprint density at radius 1 is 1.06 bits per heavy atom. The second-order valence-corrected chi connectivity index (χ2v) is 8.39. The molecule has 1 aliphatic rings. The summed E-state index contributed by atoms with van der Waals surface area (Å²) < 4.78 is 11.0. The van der Waals surface area contributed by atoms with E-state index in [1.54, 1.807) is 14.2 Å². The molecule has 6 heteroatoms. The molecule has 31 heavy (non-hydrogen) atoms. The predicted molar refractivity (Wildman–Crippen MR) is 121 cm³/mol. The van der Waals surface area contributed by atoms with Crippen LogP contribution in [0.25, 0.3) is 10.9 Å². The summed E-state index contributed by atoms with van der Waals surface area (Å²) in [7, 11) is 3.19. The summed E-state index contributed by atoms with van der Waals surface area (Å²) >= 11 is 0. The molecule has 0 saturated heterocycles. The minimum absolute atomic E-state index is 0.0221. The Morgan fingerprint density at radius 3 is 2.45 bits per heavy atom. The van der Waals surface area contributed by atoms with Crippen molar-refractivity contribution >= 4 is 16.8 Å². The molecule has 1 atom stereocenters. The molecule has 1 N–H and O–H groups in total. The molecule has 2 aromatic carbocycles. The number of aromatic amines is 1. The van der Waals surface area contributed by atoms with Crippen LogP contribution in [0.2, 0.25) is 0 Å². The summed E-state index contributed by atoms with van der Waals surface area (Å²) in [4.78, 5) is 31.2. The van der Waals surface area contributed by atoms with Crippen molar-refractivity contribution in [3.8, 4) is 11.5 Å². The van der Waals surface area contributed by atoms with E-state index in [9.17, 15) is 9.59 Å². The Labute approximate surface area is 181 Å². The zero-order valence-corrected chi connectivity index (χ0v) is 18.6. The Morgan fingerprint density at radius 2 is 1.77 bits per heavy atom. The summed E-state index contributed by atoms with van der Waals surface area (Å²) in [5.74, 6) is 1.07. The number of methoxy groups -OCH3 is 2. The lowest BCUT2D eigenvalue weighted by atomic mass is 9.87. The smallest absolute Gasteiger partial charge is 0.254 e. The minimum Gasteiger partial charge on any atom is -0.493 e. The van der Waals surface area contributed by atoms with Gasteiger partial charge in [-0.15, -0.1) is 0 Å². The van der Waals surface area contributed by atoms with Crippen LogP contribution >= 0.6 is 0 Å². The number of rotatable bonds is 4. The molecule has 0 unspecified atom stereocenters. The fraction of sp³-hybridized carbons (Fsp3) is 0.360. The van der Waals surface area contributed by atoms with Crippen molar-refractivity contribution in [2.45, 2.75) is 33.2 Å². The van der Waals surface area contributed by atoms with Gasteiger partial charge in [0, 0.05) is 23.5 Å². The van der Waals surface area contributed by atoms with Crippen LogP contribution in [0.4, 0.5) is 0 Å². The Bertz CT molecular complexity index is 1210. The summed E-state index contributed by atoms with van der Waals surface area (Å²) in [6.07, 6.45) is 0.690. The van der Waals surface area contributed by atoms with Gasteiger partial charge in [-0.1, -0.05) is 26.0 Å². The first-order chi connectivity index (χ1) is 14.8. The number of pyridine rings is 1. The molecule has 4 rings (SSSR count). The van der Waals surface area contributed by atoms with Gasteiger partial charge in [0.25, 0.3) is 5.56 Å². The number of aryl methyl sites for hydroxylation is 1. The fourth-order valence-electron chi connectivity index (χ4n) is 4.39. The minimum atomic E-state index is -0.493. The molecule has 162 valence electrons. The van der Waals surface area contributed by atoms with Crippen LogP contribution in [0.3, 0.4) is 0 Å². The van der Waals surface area contributed by atoms with E-state index in [1.165, 1.54) is 0 Å². The summed E-state index contributed by atoms with van der Waals surface area (Å²) in [5.41, 5.74) is 4.19. The summed E-state index contributed by atoms with van der Waals surface area (Å²) in [6.45, 7) is 6.30. The number of hydrogen-bond acceptors (Lipinski definition) is 4. The van der Waals surface area contributed by atoms with Gasteiger partial charge >= 0.3 is 0 Å². The van der Waals surface area contributed by atoms with Gasteiger partial charge in [0.05, 0.1) is 20.3 Å². The van der Waals surface area contributed by atoms with Gasteiger partial charge in [-0.3, -0.25) is 9.59 Å². The topological polar surface area (TPSA) is 71.6 Å². The normalized spacial score (nSPS) is 15.8. The number of hydrogen-bond donors (Lipinski definition) is 1. The first-order valence-electron chi connectivity index (χ1n) is 10.5. The molecule has 0 spiro atoms. The largest absolute Gasteiger partial charge is 0.493 e. The fourth-order valence-corrected chi connectivity index (χ4v) is 4.39.